The lowest BCUT2D eigenvalue weighted by Crippen LogP contribution is -2.00. The summed E-state index contributed by atoms with van der Waals surface area (Å²) in [6, 6.07) is 2.59. The summed E-state index contributed by atoms with van der Waals surface area (Å²) in [7, 11) is 0. The van der Waals surface area contributed by atoms with E-state index in [1.807, 2.05) is 0 Å². The molecule has 0 saturated heterocycles. The lowest BCUT2D eigenvalue weighted by Gasteiger charge is -2.02. The molecule has 1 rings (SSSR count). The van der Waals surface area contributed by atoms with E-state index in [0.717, 1.165) is 0 Å². The van der Waals surface area contributed by atoms with Crippen LogP contribution >= 0.6 is 11.6 Å². The van der Waals surface area contributed by atoms with Crippen LogP contribution in [-0.4, -0.2) is 10.4 Å². The molecule has 0 aliphatic carbocycles. The van der Waals surface area contributed by atoms with E-state index in [0.29, 0.717) is 0 Å². The monoisotopic (exact) mass is 205 g/mol. The van der Waals surface area contributed by atoms with Gasteiger partial charge in [0, 0.05) is 0 Å². The van der Waals surface area contributed by atoms with Gasteiger partial charge in [0.2, 0.25) is 0 Å². The lowest BCUT2D eigenvalue weighted by atomic mass is 10.1. The van der Waals surface area contributed by atoms with Gasteiger partial charge in [-0.2, -0.15) is 0 Å². The van der Waals surface area contributed by atoms with Gasteiger partial charge in [-0.05, 0) is 18.6 Å². The van der Waals surface area contributed by atoms with Crippen molar-refractivity contribution in [2.24, 2.45) is 5.16 Å². The summed E-state index contributed by atoms with van der Waals surface area (Å²) < 4.78 is 26.0. The molecule has 0 unspecified atom stereocenters. The minimum Gasteiger partial charge on any atom is -0.410 e. The highest BCUT2D eigenvalue weighted by Crippen LogP contribution is 2.17. The molecular formula is C8H6ClF2NO. The van der Waals surface area contributed by atoms with Crippen LogP contribution in [0.25, 0.3) is 0 Å². The Bertz CT molecular complexity index is 365. The fraction of sp³-hybridized carbons (Fsp3) is 0.125. The van der Waals surface area contributed by atoms with Gasteiger partial charge in [0.15, 0.2) is 16.8 Å². The van der Waals surface area contributed by atoms with Crippen LogP contribution in [0.2, 0.25) is 0 Å². The molecule has 0 aliphatic rings. The Hall–Kier alpha value is -1.16. The molecule has 2 nitrogen and oxygen atoms in total. The van der Waals surface area contributed by atoms with Crippen molar-refractivity contribution in [2.75, 3.05) is 0 Å². The molecule has 0 fully saturated rings. The maximum atomic E-state index is 13.0. The van der Waals surface area contributed by atoms with Crippen molar-refractivity contribution in [1.29, 1.82) is 0 Å². The maximum absolute atomic E-state index is 13.0. The predicted molar refractivity (Wildman–Crippen MR) is 45.3 cm³/mol. The molecule has 1 N–H and O–H groups in total. The smallest absolute Gasteiger partial charge is 0.178 e. The van der Waals surface area contributed by atoms with Gasteiger partial charge in [0.1, 0.15) is 0 Å². The average molecular weight is 206 g/mol. The van der Waals surface area contributed by atoms with E-state index in [-0.39, 0.29) is 11.1 Å². The van der Waals surface area contributed by atoms with E-state index in [1.165, 1.54) is 19.1 Å². The van der Waals surface area contributed by atoms with Crippen molar-refractivity contribution in [1.82, 2.24) is 0 Å². The highest BCUT2D eigenvalue weighted by Gasteiger charge is 2.14. The molecule has 1 aromatic rings. The number of nitrogens with zero attached hydrogens (tertiary/aromatic N) is 1. The fourth-order valence-corrected chi connectivity index (χ4v) is 1.01. The van der Waals surface area contributed by atoms with Crippen molar-refractivity contribution in [3.05, 3.63) is 34.9 Å². The molecule has 0 aromatic heterocycles. The van der Waals surface area contributed by atoms with Crippen LogP contribution in [0, 0.1) is 18.6 Å². The summed E-state index contributed by atoms with van der Waals surface area (Å²) in [5.41, 5.74) is -0.0871. The zero-order valence-electron chi connectivity index (χ0n) is 6.68. The topological polar surface area (TPSA) is 32.6 Å². The molecule has 0 saturated carbocycles. The van der Waals surface area contributed by atoms with Crippen LogP contribution in [0.1, 0.15) is 11.1 Å². The van der Waals surface area contributed by atoms with E-state index in [2.05, 4.69) is 5.16 Å². The van der Waals surface area contributed by atoms with Crippen LogP contribution in [0.4, 0.5) is 8.78 Å². The summed E-state index contributed by atoms with van der Waals surface area (Å²) in [6.45, 7) is 1.42. The Morgan fingerprint density at radius 2 is 2.00 bits per heavy atom. The lowest BCUT2D eigenvalue weighted by molar-refractivity contribution is 0.320. The number of hydrogen-bond acceptors (Lipinski definition) is 2. The normalized spacial score (nSPS) is 11.8. The van der Waals surface area contributed by atoms with E-state index in [4.69, 9.17) is 16.8 Å². The van der Waals surface area contributed by atoms with Gasteiger partial charge >= 0.3 is 0 Å². The molecule has 0 radical (unpaired) electrons. The maximum Gasteiger partial charge on any atom is 0.178 e. The predicted octanol–water partition coefficient (Wildman–Crippen LogP) is 2.65. The first-order valence-electron chi connectivity index (χ1n) is 3.40. The minimum atomic E-state index is -1.11. The largest absolute Gasteiger partial charge is 0.410 e. The third-order valence-electron chi connectivity index (χ3n) is 1.59. The fourth-order valence-electron chi connectivity index (χ4n) is 0.859. The van der Waals surface area contributed by atoms with E-state index < -0.39 is 16.8 Å². The van der Waals surface area contributed by atoms with Crippen molar-refractivity contribution in [3.63, 3.8) is 0 Å². The average Bonchev–Trinajstić information content (AvgIpc) is 2.13. The summed E-state index contributed by atoms with van der Waals surface area (Å²) in [5, 5.41) is 10.3. The molecular weight excluding hydrogens is 200 g/mol. The highest BCUT2D eigenvalue weighted by molar-refractivity contribution is 6.69. The summed E-state index contributed by atoms with van der Waals surface area (Å²) >= 11 is 5.31. The Morgan fingerprint density at radius 1 is 1.38 bits per heavy atom. The molecule has 0 atom stereocenters. The summed E-state index contributed by atoms with van der Waals surface area (Å²) in [6.07, 6.45) is 0. The minimum absolute atomic E-state index is 0.170. The Morgan fingerprint density at radius 3 is 2.54 bits per heavy atom. The van der Waals surface area contributed by atoms with Crippen LogP contribution in [0.15, 0.2) is 17.3 Å². The van der Waals surface area contributed by atoms with Crippen molar-refractivity contribution in [2.45, 2.75) is 6.92 Å². The Labute approximate surface area is 78.4 Å². The molecule has 0 bridgehead atoms. The van der Waals surface area contributed by atoms with Gasteiger partial charge in [0.25, 0.3) is 0 Å². The Balaban J connectivity index is 3.34. The van der Waals surface area contributed by atoms with Gasteiger partial charge in [-0.1, -0.05) is 22.8 Å². The first-order valence-corrected chi connectivity index (χ1v) is 3.78. The van der Waals surface area contributed by atoms with E-state index in [1.54, 1.807) is 0 Å². The molecule has 0 spiro atoms. The van der Waals surface area contributed by atoms with Crippen molar-refractivity contribution in [3.8, 4) is 0 Å². The number of halogens is 3. The second-order valence-corrected chi connectivity index (χ2v) is 2.81. The number of hydrogen-bond donors (Lipinski definition) is 1. The number of benzene rings is 1. The molecule has 0 amide bonds. The van der Waals surface area contributed by atoms with E-state index >= 15 is 0 Å². The van der Waals surface area contributed by atoms with Crippen LogP contribution in [0.5, 0.6) is 0 Å². The van der Waals surface area contributed by atoms with Crippen molar-refractivity contribution < 1.29 is 14.0 Å². The highest BCUT2D eigenvalue weighted by atomic mass is 35.5. The quantitative estimate of drug-likeness (QED) is 0.427. The molecule has 70 valence electrons. The van der Waals surface area contributed by atoms with Gasteiger partial charge in [-0.15, -0.1) is 0 Å². The van der Waals surface area contributed by atoms with Gasteiger partial charge < -0.3 is 5.21 Å². The van der Waals surface area contributed by atoms with Gasteiger partial charge in [-0.25, -0.2) is 8.78 Å². The number of aryl methyl sites for hydroxylation is 1. The Kier molecular flexibility index (Phi) is 2.83. The second kappa shape index (κ2) is 3.70. The molecule has 5 heteroatoms. The van der Waals surface area contributed by atoms with Gasteiger partial charge in [0.05, 0.1) is 5.56 Å². The standard InChI is InChI=1S/C8H6ClF2NO/c1-4-2-3-5(8(9)12-13)7(11)6(4)10/h2-3,13H,1H3/b12-8-. The molecule has 1 aromatic carbocycles. The van der Waals surface area contributed by atoms with Crippen LogP contribution < -0.4 is 0 Å². The summed E-state index contributed by atoms with van der Waals surface area (Å²) in [4.78, 5) is 0. The number of oxime groups is 1. The third-order valence-corrected chi connectivity index (χ3v) is 1.86. The zero-order valence-corrected chi connectivity index (χ0v) is 7.44. The first-order chi connectivity index (χ1) is 6.07. The third kappa shape index (κ3) is 1.78. The van der Waals surface area contributed by atoms with Crippen LogP contribution in [0.3, 0.4) is 0 Å². The number of rotatable bonds is 1. The summed E-state index contributed by atoms with van der Waals surface area (Å²) in [5.74, 6) is -2.10. The first kappa shape index (κ1) is 9.92. The molecule has 0 heterocycles. The van der Waals surface area contributed by atoms with Crippen molar-refractivity contribution >= 4 is 16.8 Å². The second-order valence-electron chi connectivity index (χ2n) is 2.45. The van der Waals surface area contributed by atoms with Crippen LogP contribution in [-0.2, 0) is 0 Å². The molecule has 13 heavy (non-hydrogen) atoms. The zero-order chi connectivity index (χ0) is 10.0. The van der Waals surface area contributed by atoms with E-state index in [9.17, 15) is 8.78 Å². The van der Waals surface area contributed by atoms with Gasteiger partial charge in [-0.3, -0.25) is 0 Å². The SMILES string of the molecule is Cc1ccc(/C(Cl)=N/O)c(F)c1F. The molecule has 0 aliphatic heterocycles.